The average Bonchev–Trinajstić information content (AvgIpc) is 2.34. The maximum Gasteiger partial charge on any atom is 0.118 e. The predicted molar refractivity (Wildman–Crippen MR) is 68.2 cm³/mol. The van der Waals surface area contributed by atoms with Gasteiger partial charge in [0.2, 0.25) is 0 Å². The zero-order valence-electron chi connectivity index (χ0n) is 8.90. The highest BCUT2D eigenvalue weighted by atomic mass is 79.9. The van der Waals surface area contributed by atoms with E-state index in [1.54, 1.807) is 6.08 Å². The lowest BCUT2D eigenvalue weighted by molar-refractivity contribution is 0.209. The Morgan fingerprint density at radius 2 is 2.06 bits per heavy atom. The van der Waals surface area contributed by atoms with Crippen molar-refractivity contribution in [3.63, 3.8) is 0 Å². The lowest BCUT2D eigenvalue weighted by atomic mass is 10.2. The molecule has 0 aliphatic rings. The van der Waals surface area contributed by atoms with Crippen molar-refractivity contribution in [1.82, 2.24) is 0 Å². The summed E-state index contributed by atoms with van der Waals surface area (Å²) >= 11 is 3.26. The van der Waals surface area contributed by atoms with Crippen molar-refractivity contribution in [2.45, 2.75) is 6.61 Å². The molecule has 0 fully saturated rings. The Balaban J connectivity index is 2.51. The molecule has 1 rings (SSSR count). The zero-order chi connectivity index (χ0) is 11.6. The van der Waals surface area contributed by atoms with Crippen molar-refractivity contribution in [3.8, 4) is 0 Å². The van der Waals surface area contributed by atoms with Gasteiger partial charge in [-0.2, -0.15) is 0 Å². The summed E-state index contributed by atoms with van der Waals surface area (Å²) in [7, 11) is 0. The summed E-state index contributed by atoms with van der Waals surface area (Å²) in [5, 5.41) is 0.728. The monoisotopic (exact) mass is 284 g/mol. The quantitative estimate of drug-likeness (QED) is 0.436. The topological polar surface area (TPSA) is 9.23 Å². The van der Waals surface area contributed by atoms with Crippen molar-refractivity contribution < 1.29 is 9.13 Å². The molecule has 0 saturated heterocycles. The molecule has 86 valence electrons. The van der Waals surface area contributed by atoms with E-state index in [9.17, 15) is 4.39 Å². The molecule has 1 nitrogen and oxygen atoms in total. The van der Waals surface area contributed by atoms with Gasteiger partial charge in [0, 0.05) is 5.33 Å². The van der Waals surface area contributed by atoms with Gasteiger partial charge in [-0.15, -0.1) is 0 Å². The maximum atomic E-state index is 12.2. The third-order valence-corrected chi connectivity index (χ3v) is 2.27. The summed E-state index contributed by atoms with van der Waals surface area (Å²) in [6.07, 6.45) is 5.05. The second-order valence-corrected chi connectivity index (χ2v) is 3.74. The van der Waals surface area contributed by atoms with E-state index in [1.807, 2.05) is 36.4 Å². The van der Waals surface area contributed by atoms with Crippen LogP contribution in [0.5, 0.6) is 0 Å². The molecule has 0 amide bonds. The number of hydrogen-bond donors (Lipinski definition) is 0. The zero-order valence-corrected chi connectivity index (χ0v) is 10.5. The van der Waals surface area contributed by atoms with Crippen LogP contribution in [-0.2, 0) is 11.3 Å². The summed E-state index contributed by atoms with van der Waals surface area (Å²) < 4.78 is 17.7. The van der Waals surface area contributed by atoms with Gasteiger partial charge in [-0.05, 0) is 17.7 Å². The predicted octanol–water partition coefficient (Wildman–Crippen LogP) is 4.01. The number of ether oxygens (including phenoxy) is 1. The highest BCUT2D eigenvalue weighted by molar-refractivity contribution is 9.09. The van der Waals surface area contributed by atoms with Gasteiger partial charge in [-0.3, -0.25) is 0 Å². The molecular formula is C13H14BrFO. The number of hydrogen-bond acceptors (Lipinski definition) is 1. The van der Waals surface area contributed by atoms with Gasteiger partial charge >= 0.3 is 0 Å². The minimum atomic E-state index is -0.517. The van der Waals surface area contributed by atoms with Crippen LogP contribution in [0.3, 0.4) is 0 Å². The summed E-state index contributed by atoms with van der Waals surface area (Å²) in [5.74, 6) is 0.561. The second kappa shape index (κ2) is 8.11. The van der Waals surface area contributed by atoms with E-state index in [0.717, 1.165) is 10.9 Å². The normalized spacial score (nSPS) is 12.0. The van der Waals surface area contributed by atoms with Gasteiger partial charge in [0.1, 0.15) is 19.0 Å². The van der Waals surface area contributed by atoms with Crippen molar-refractivity contribution >= 4 is 15.9 Å². The van der Waals surface area contributed by atoms with Crippen molar-refractivity contribution in [2.75, 3.05) is 12.0 Å². The van der Waals surface area contributed by atoms with Crippen LogP contribution < -0.4 is 0 Å². The Kier molecular flexibility index (Phi) is 6.58. The first-order valence-corrected chi connectivity index (χ1v) is 6.14. The van der Waals surface area contributed by atoms with Crippen LogP contribution in [0.4, 0.5) is 4.39 Å². The Bertz CT molecular complexity index is 346. The Hall–Kier alpha value is -1.09. The number of benzene rings is 1. The minimum Gasteiger partial charge on any atom is -0.489 e. The summed E-state index contributed by atoms with van der Waals surface area (Å²) in [4.78, 5) is 0. The van der Waals surface area contributed by atoms with Crippen LogP contribution in [0.2, 0.25) is 0 Å². The molecule has 3 heteroatoms. The fourth-order valence-corrected chi connectivity index (χ4v) is 1.34. The molecule has 0 heterocycles. The summed E-state index contributed by atoms with van der Waals surface area (Å²) in [6.45, 7) is -0.0595. The lowest BCUT2D eigenvalue weighted by Gasteiger charge is -2.06. The standard InChI is InChI=1S/C13H14BrFO/c14-9-4-7-13(8-10-15)16-11-12-5-2-1-3-6-12/h1-8H,9-11H2/b7-4-,13-8+. The molecule has 0 aliphatic heterocycles. The number of alkyl halides is 2. The molecule has 1 aromatic carbocycles. The molecule has 0 spiro atoms. The summed E-state index contributed by atoms with van der Waals surface area (Å²) in [5.41, 5.74) is 1.07. The first-order valence-electron chi connectivity index (χ1n) is 5.02. The van der Waals surface area contributed by atoms with Gasteiger partial charge < -0.3 is 4.74 Å². The van der Waals surface area contributed by atoms with Crippen LogP contribution in [0.15, 0.2) is 54.3 Å². The van der Waals surface area contributed by atoms with Gasteiger partial charge in [-0.1, -0.05) is 52.3 Å². The van der Waals surface area contributed by atoms with Crippen LogP contribution >= 0.6 is 15.9 Å². The summed E-state index contributed by atoms with van der Waals surface area (Å²) in [6, 6.07) is 9.80. The fourth-order valence-electron chi connectivity index (χ4n) is 1.15. The van der Waals surface area contributed by atoms with Crippen LogP contribution in [0, 0.1) is 0 Å². The number of halogens is 2. The average molecular weight is 285 g/mol. The second-order valence-electron chi connectivity index (χ2n) is 3.09. The van der Waals surface area contributed by atoms with Crippen molar-refractivity contribution in [1.29, 1.82) is 0 Å². The molecule has 1 aromatic rings. The Morgan fingerprint density at radius 3 is 2.69 bits per heavy atom. The van der Waals surface area contributed by atoms with Crippen LogP contribution in [0.25, 0.3) is 0 Å². The molecule has 0 radical (unpaired) electrons. The fraction of sp³-hybridized carbons (Fsp3) is 0.231. The Morgan fingerprint density at radius 1 is 1.31 bits per heavy atom. The number of rotatable bonds is 6. The molecule has 0 N–H and O–H groups in total. The van der Waals surface area contributed by atoms with E-state index >= 15 is 0 Å². The van der Waals surface area contributed by atoms with E-state index in [4.69, 9.17) is 4.74 Å². The van der Waals surface area contributed by atoms with E-state index < -0.39 is 6.67 Å². The third kappa shape index (κ3) is 5.12. The molecule has 16 heavy (non-hydrogen) atoms. The highest BCUT2D eigenvalue weighted by Crippen LogP contribution is 2.07. The molecule has 0 aliphatic carbocycles. The molecule has 0 bridgehead atoms. The number of allylic oxidation sites excluding steroid dienone is 3. The van der Waals surface area contributed by atoms with Crippen molar-refractivity contribution in [2.24, 2.45) is 0 Å². The smallest absolute Gasteiger partial charge is 0.118 e. The maximum absolute atomic E-state index is 12.2. The Labute approximate surface area is 104 Å². The largest absolute Gasteiger partial charge is 0.489 e. The molecule has 0 atom stereocenters. The SMILES string of the molecule is FC/C=C(\C=C/CBr)OCc1ccccc1. The van der Waals surface area contributed by atoms with Crippen LogP contribution in [0.1, 0.15) is 5.56 Å². The van der Waals surface area contributed by atoms with E-state index in [0.29, 0.717) is 12.4 Å². The highest BCUT2D eigenvalue weighted by Gasteiger charge is 1.95. The third-order valence-electron chi connectivity index (χ3n) is 1.90. The van der Waals surface area contributed by atoms with Gasteiger partial charge in [0.05, 0.1) is 0 Å². The van der Waals surface area contributed by atoms with Gasteiger partial charge in [-0.25, -0.2) is 4.39 Å². The first kappa shape index (κ1) is 13.0. The molecule has 0 saturated carbocycles. The molecular weight excluding hydrogens is 271 g/mol. The molecule has 0 aromatic heterocycles. The molecule has 0 unspecified atom stereocenters. The van der Waals surface area contributed by atoms with Gasteiger partial charge in [0.25, 0.3) is 0 Å². The van der Waals surface area contributed by atoms with E-state index in [2.05, 4.69) is 15.9 Å². The van der Waals surface area contributed by atoms with E-state index in [1.165, 1.54) is 6.08 Å². The van der Waals surface area contributed by atoms with Crippen LogP contribution in [-0.4, -0.2) is 12.0 Å². The van der Waals surface area contributed by atoms with Crippen molar-refractivity contribution in [3.05, 3.63) is 59.9 Å². The lowest BCUT2D eigenvalue weighted by Crippen LogP contribution is -1.92. The first-order chi connectivity index (χ1) is 7.86. The minimum absolute atomic E-state index is 0.458. The van der Waals surface area contributed by atoms with E-state index in [-0.39, 0.29) is 0 Å². The van der Waals surface area contributed by atoms with Gasteiger partial charge in [0.15, 0.2) is 0 Å².